The lowest BCUT2D eigenvalue weighted by Crippen LogP contribution is -2.37. The Morgan fingerprint density at radius 2 is 2.00 bits per heavy atom. The number of hydrogen-bond donors (Lipinski definition) is 0. The number of aromatic nitrogens is 3. The second kappa shape index (κ2) is 7.05. The van der Waals surface area contributed by atoms with Gasteiger partial charge < -0.3 is 9.64 Å². The maximum absolute atomic E-state index is 5.97. The van der Waals surface area contributed by atoms with Crippen molar-refractivity contribution in [2.24, 2.45) is 7.05 Å². The lowest BCUT2D eigenvalue weighted by molar-refractivity contribution is -0.0328. The minimum atomic E-state index is 0.0812. The highest BCUT2D eigenvalue weighted by molar-refractivity contribution is 5.94. The molecule has 0 spiro atoms. The molecule has 6 heteroatoms. The molecule has 0 bridgehead atoms. The molecule has 3 aromatic rings. The third kappa shape index (κ3) is 3.30. The summed E-state index contributed by atoms with van der Waals surface area (Å²) in [6.45, 7) is 3.41. The van der Waals surface area contributed by atoms with Gasteiger partial charge in [0.05, 0.1) is 18.9 Å². The molecule has 0 radical (unpaired) electrons. The molecule has 136 valence electrons. The van der Waals surface area contributed by atoms with Crippen molar-refractivity contribution in [2.75, 3.05) is 38.7 Å². The highest BCUT2D eigenvalue weighted by atomic mass is 16.5. The van der Waals surface area contributed by atoms with E-state index in [-0.39, 0.29) is 6.10 Å². The van der Waals surface area contributed by atoms with Gasteiger partial charge in [-0.2, -0.15) is 5.10 Å². The number of anilines is 1. The van der Waals surface area contributed by atoms with Crippen molar-refractivity contribution in [3.63, 3.8) is 0 Å². The van der Waals surface area contributed by atoms with Gasteiger partial charge >= 0.3 is 0 Å². The molecule has 1 saturated heterocycles. The zero-order chi connectivity index (χ0) is 18.1. The number of ether oxygens (including phenoxy) is 1. The molecule has 2 aromatic heterocycles. The smallest absolute Gasteiger partial charge is 0.135 e. The monoisotopic (exact) mass is 351 g/mol. The molecule has 0 N–H and O–H groups in total. The Balaban J connectivity index is 1.58. The second-order valence-corrected chi connectivity index (χ2v) is 7.09. The molecule has 26 heavy (non-hydrogen) atoms. The van der Waals surface area contributed by atoms with E-state index in [1.807, 2.05) is 44.4 Å². The number of aryl methyl sites for hydroxylation is 1. The topological polar surface area (TPSA) is 46.4 Å². The number of hydrogen-bond acceptors (Lipinski definition) is 5. The van der Waals surface area contributed by atoms with E-state index in [0.717, 1.165) is 37.6 Å². The number of rotatable bonds is 4. The van der Waals surface area contributed by atoms with Crippen LogP contribution in [0.3, 0.4) is 0 Å². The minimum Gasteiger partial charge on any atom is -0.371 e. The first-order valence-electron chi connectivity index (χ1n) is 8.98. The van der Waals surface area contributed by atoms with Gasteiger partial charge in [0.15, 0.2) is 0 Å². The van der Waals surface area contributed by atoms with E-state index in [9.17, 15) is 0 Å². The Morgan fingerprint density at radius 3 is 2.73 bits per heavy atom. The zero-order valence-electron chi connectivity index (χ0n) is 15.6. The summed E-state index contributed by atoms with van der Waals surface area (Å²) in [5.41, 5.74) is 2.40. The molecular weight excluding hydrogens is 326 g/mol. The largest absolute Gasteiger partial charge is 0.371 e. The third-order valence-corrected chi connectivity index (χ3v) is 4.92. The maximum atomic E-state index is 5.97. The predicted octanol–water partition coefficient (Wildman–Crippen LogP) is 2.61. The first-order valence-corrected chi connectivity index (χ1v) is 8.98. The van der Waals surface area contributed by atoms with Crippen LogP contribution in [0.15, 0.2) is 42.9 Å². The summed E-state index contributed by atoms with van der Waals surface area (Å²) in [7, 11) is 6.01. The minimum absolute atomic E-state index is 0.0812. The maximum Gasteiger partial charge on any atom is 0.135 e. The highest BCUT2D eigenvalue weighted by Crippen LogP contribution is 2.28. The predicted molar refractivity (Wildman–Crippen MR) is 103 cm³/mol. The highest BCUT2D eigenvalue weighted by Gasteiger charge is 2.23. The van der Waals surface area contributed by atoms with E-state index in [0.29, 0.717) is 0 Å². The summed E-state index contributed by atoms with van der Waals surface area (Å²) in [4.78, 5) is 9.22. The van der Waals surface area contributed by atoms with Crippen LogP contribution in [0.25, 0.3) is 10.8 Å². The summed E-state index contributed by atoms with van der Waals surface area (Å²) in [6, 6.07) is 8.52. The van der Waals surface area contributed by atoms with Gasteiger partial charge in [0.1, 0.15) is 5.82 Å². The summed E-state index contributed by atoms with van der Waals surface area (Å²) >= 11 is 0. The Labute approximate surface area is 154 Å². The van der Waals surface area contributed by atoms with Gasteiger partial charge in [0.2, 0.25) is 0 Å². The molecule has 1 aliphatic rings. The molecular formula is C20H25N5O. The van der Waals surface area contributed by atoms with E-state index in [4.69, 9.17) is 9.72 Å². The van der Waals surface area contributed by atoms with Crippen molar-refractivity contribution in [1.29, 1.82) is 0 Å². The van der Waals surface area contributed by atoms with E-state index in [2.05, 4.69) is 39.2 Å². The third-order valence-electron chi connectivity index (χ3n) is 4.92. The molecule has 0 saturated carbocycles. The molecule has 1 atom stereocenters. The Morgan fingerprint density at radius 1 is 1.19 bits per heavy atom. The van der Waals surface area contributed by atoms with Crippen LogP contribution in [0.5, 0.6) is 0 Å². The van der Waals surface area contributed by atoms with Crippen LogP contribution >= 0.6 is 0 Å². The number of benzene rings is 1. The van der Waals surface area contributed by atoms with E-state index < -0.39 is 0 Å². The quantitative estimate of drug-likeness (QED) is 0.723. The van der Waals surface area contributed by atoms with E-state index in [1.165, 1.54) is 16.3 Å². The van der Waals surface area contributed by atoms with Crippen molar-refractivity contribution in [1.82, 2.24) is 19.7 Å². The fourth-order valence-electron chi connectivity index (χ4n) is 3.61. The normalized spacial score (nSPS) is 18.3. The zero-order valence-corrected chi connectivity index (χ0v) is 15.6. The van der Waals surface area contributed by atoms with Crippen molar-refractivity contribution < 1.29 is 4.74 Å². The molecule has 1 aliphatic heterocycles. The van der Waals surface area contributed by atoms with Crippen LogP contribution in [0.2, 0.25) is 0 Å². The molecule has 1 unspecified atom stereocenters. The number of pyridine rings is 1. The van der Waals surface area contributed by atoms with E-state index in [1.54, 1.807) is 0 Å². The molecule has 0 amide bonds. The first kappa shape index (κ1) is 17.0. The molecule has 6 nitrogen and oxygen atoms in total. The average molecular weight is 351 g/mol. The van der Waals surface area contributed by atoms with Gasteiger partial charge in [-0.3, -0.25) is 9.58 Å². The van der Waals surface area contributed by atoms with Gasteiger partial charge in [-0.05, 0) is 10.9 Å². The molecule has 4 rings (SSSR count). The van der Waals surface area contributed by atoms with Crippen molar-refractivity contribution in [3.8, 4) is 0 Å². The summed E-state index contributed by atoms with van der Waals surface area (Å²) in [5, 5.41) is 6.75. The molecule has 1 aromatic carbocycles. The van der Waals surface area contributed by atoms with Gasteiger partial charge in [-0.15, -0.1) is 0 Å². The standard InChI is InChI=1S/C20H25N5O/c1-23(2)20-18-7-5-4-6-17(18)15(10-21-20)13-25-8-9-26-19(14-25)16-11-22-24(3)12-16/h4-7,10-12,19H,8-9,13-14H2,1-3H3. The van der Waals surface area contributed by atoms with Crippen LogP contribution in [0, 0.1) is 0 Å². The SMILES string of the molecule is CN(C)c1ncc(CN2CCOC(c3cnn(C)c3)C2)c2ccccc12. The lowest BCUT2D eigenvalue weighted by Gasteiger charge is -2.32. The van der Waals surface area contributed by atoms with Crippen LogP contribution in [0.4, 0.5) is 5.82 Å². The Kier molecular flexibility index (Phi) is 4.61. The van der Waals surface area contributed by atoms with Crippen LogP contribution in [-0.2, 0) is 18.3 Å². The average Bonchev–Trinajstić information content (AvgIpc) is 3.08. The fraction of sp³-hybridized carbons (Fsp3) is 0.400. The van der Waals surface area contributed by atoms with Crippen molar-refractivity contribution in [3.05, 3.63) is 54.0 Å². The number of nitrogens with zero attached hydrogens (tertiary/aromatic N) is 5. The second-order valence-electron chi connectivity index (χ2n) is 7.09. The van der Waals surface area contributed by atoms with Crippen molar-refractivity contribution in [2.45, 2.75) is 12.6 Å². The van der Waals surface area contributed by atoms with E-state index >= 15 is 0 Å². The van der Waals surface area contributed by atoms with Crippen LogP contribution < -0.4 is 4.90 Å². The first-order chi connectivity index (χ1) is 12.6. The number of fused-ring (bicyclic) bond motifs is 1. The summed E-state index contributed by atoms with van der Waals surface area (Å²) < 4.78 is 7.79. The molecule has 0 aliphatic carbocycles. The van der Waals surface area contributed by atoms with Gasteiger partial charge in [-0.1, -0.05) is 24.3 Å². The lowest BCUT2D eigenvalue weighted by atomic mass is 10.1. The fourth-order valence-corrected chi connectivity index (χ4v) is 3.61. The van der Waals surface area contributed by atoms with Gasteiger partial charge in [0.25, 0.3) is 0 Å². The van der Waals surface area contributed by atoms with Crippen molar-refractivity contribution >= 4 is 16.6 Å². The molecule has 3 heterocycles. The summed E-state index contributed by atoms with van der Waals surface area (Å²) in [6.07, 6.45) is 6.04. The van der Waals surface area contributed by atoms with Crippen LogP contribution in [-0.4, -0.2) is 53.5 Å². The van der Waals surface area contributed by atoms with Gasteiger partial charge in [0, 0.05) is 64.1 Å². The Hall–Kier alpha value is -2.44. The molecule has 1 fully saturated rings. The number of morpholine rings is 1. The van der Waals surface area contributed by atoms with Gasteiger partial charge in [-0.25, -0.2) is 4.98 Å². The Bertz CT molecular complexity index is 904. The summed E-state index contributed by atoms with van der Waals surface area (Å²) in [5.74, 6) is 1.01. The van der Waals surface area contributed by atoms with Crippen LogP contribution in [0.1, 0.15) is 17.2 Å².